The zero-order valence-corrected chi connectivity index (χ0v) is 11.2. The molecule has 1 aromatic rings. The lowest BCUT2D eigenvalue weighted by Crippen LogP contribution is -2.48. The summed E-state index contributed by atoms with van der Waals surface area (Å²) in [5, 5.41) is 8.94. The van der Waals surface area contributed by atoms with Crippen molar-refractivity contribution < 1.29 is 24.2 Å². The molecule has 1 heterocycles. The highest BCUT2D eigenvalue weighted by atomic mass is 16.5. The third kappa shape index (κ3) is 3.27. The van der Waals surface area contributed by atoms with Crippen molar-refractivity contribution >= 4 is 11.9 Å². The highest BCUT2D eigenvalue weighted by molar-refractivity contribution is 5.95. The number of carboxylic acid groups (broad SMARTS) is 1. The smallest absolute Gasteiger partial charge is 0.334 e. The topological polar surface area (TPSA) is 76.1 Å². The Morgan fingerprint density at radius 3 is 3.00 bits per heavy atom. The third-order valence-corrected chi connectivity index (χ3v) is 3.02. The summed E-state index contributed by atoms with van der Waals surface area (Å²) in [7, 11) is 0. The van der Waals surface area contributed by atoms with Gasteiger partial charge in [0.1, 0.15) is 5.75 Å². The molecule has 1 aliphatic heterocycles. The van der Waals surface area contributed by atoms with Crippen LogP contribution in [0.5, 0.6) is 5.75 Å². The number of hydrogen-bond acceptors (Lipinski definition) is 4. The predicted octanol–water partition coefficient (Wildman–Crippen LogP) is 1.01. The minimum absolute atomic E-state index is 0.0625. The number of carbonyl (C=O) groups is 2. The Balaban J connectivity index is 2.10. The van der Waals surface area contributed by atoms with Crippen molar-refractivity contribution in [3.8, 4) is 5.75 Å². The summed E-state index contributed by atoms with van der Waals surface area (Å²) in [4.78, 5) is 24.8. The van der Waals surface area contributed by atoms with Gasteiger partial charge >= 0.3 is 5.97 Å². The van der Waals surface area contributed by atoms with Crippen molar-refractivity contribution in [3.05, 3.63) is 29.8 Å². The van der Waals surface area contributed by atoms with E-state index in [0.717, 1.165) is 0 Å². The molecular weight excluding hydrogens is 262 g/mol. The fourth-order valence-corrected chi connectivity index (χ4v) is 2.05. The zero-order chi connectivity index (χ0) is 14.5. The van der Waals surface area contributed by atoms with E-state index >= 15 is 0 Å². The SMILES string of the molecule is CCOc1cccc(C(=O)N2CCO[C@H](C(=O)O)C2)c1. The zero-order valence-electron chi connectivity index (χ0n) is 11.2. The Morgan fingerprint density at radius 1 is 1.50 bits per heavy atom. The maximum atomic E-state index is 12.3. The molecule has 0 aromatic heterocycles. The number of nitrogens with zero attached hydrogens (tertiary/aromatic N) is 1. The summed E-state index contributed by atoms with van der Waals surface area (Å²) in [5.41, 5.74) is 0.488. The molecule has 6 nitrogen and oxygen atoms in total. The van der Waals surface area contributed by atoms with Gasteiger partial charge in [0.25, 0.3) is 5.91 Å². The van der Waals surface area contributed by atoms with Gasteiger partial charge in [-0.15, -0.1) is 0 Å². The molecule has 0 radical (unpaired) electrons. The highest BCUT2D eigenvalue weighted by Crippen LogP contribution is 2.16. The standard InChI is InChI=1S/C14H17NO5/c1-2-19-11-5-3-4-10(8-11)13(16)15-6-7-20-12(9-15)14(17)18/h3-5,8,12H,2,6-7,9H2,1H3,(H,17,18)/t12-/m0/s1. The van der Waals surface area contributed by atoms with Gasteiger partial charge in [-0.1, -0.05) is 6.07 Å². The van der Waals surface area contributed by atoms with Gasteiger partial charge in [0.15, 0.2) is 6.10 Å². The number of amides is 1. The van der Waals surface area contributed by atoms with E-state index < -0.39 is 12.1 Å². The van der Waals surface area contributed by atoms with E-state index in [1.54, 1.807) is 24.3 Å². The maximum Gasteiger partial charge on any atom is 0.334 e. The van der Waals surface area contributed by atoms with Crippen LogP contribution in [-0.2, 0) is 9.53 Å². The Bertz CT molecular complexity index is 502. The largest absolute Gasteiger partial charge is 0.494 e. The molecule has 6 heteroatoms. The molecule has 1 aromatic carbocycles. The van der Waals surface area contributed by atoms with Crippen molar-refractivity contribution in [2.45, 2.75) is 13.0 Å². The van der Waals surface area contributed by atoms with Crippen molar-refractivity contribution in [2.75, 3.05) is 26.3 Å². The monoisotopic (exact) mass is 279 g/mol. The van der Waals surface area contributed by atoms with Crippen LogP contribution in [0.15, 0.2) is 24.3 Å². The average Bonchev–Trinajstić information content (AvgIpc) is 2.47. The van der Waals surface area contributed by atoms with Crippen LogP contribution in [0, 0.1) is 0 Å². The summed E-state index contributed by atoms with van der Waals surface area (Å²) in [6.45, 7) is 3.08. The Morgan fingerprint density at radius 2 is 2.30 bits per heavy atom. The lowest BCUT2D eigenvalue weighted by Gasteiger charge is -2.31. The fourth-order valence-electron chi connectivity index (χ4n) is 2.05. The number of hydrogen-bond donors (Lipinski definition) is 1. The fraction of sp³-hybridized carbons (Fsp3) is 0.429. The van der Waals surface area contributed by atoms with E-state index in [-0.39, 0.29) is 19.1 Å². The van der Waals surface area contributed by atoms with Crippen LogP contribution in [-0.4, -0.2) is 54.3 Å². The van der Waals surface area contributed by atoms with Gasteiger partial charge in [0.05, 0.1) is 19.8 Å². The van der Waals surface area contributed by atoms with Crippen LogP contribution in [0.2, 0.25) is 0 Å². The van der Waals surface area contributed by atoms with Gasteiger partial charge in [0, 0.05) is 12.1 Å². The van der Waals surface area contributed by atoms with E-state index in [0.29, 0.717) is 24.5 Å². The summed E-state index contributed by atoms with van der Waals surface area (Å²) < 4.78 is 10.5. The molecule has 1 saturated heterocycles. The van der Waals surface area contributed by atoms with Crippen LogP contribution in [0.1, 0.15) is 17.3 Å². The molecule has 0 bridgehead atoms. The molecule has 1 N–H and O–H groups in total. The van der Waals surface area contributed by atoms with Gasteiger partial charge in [-0.2, -0.15) is 0 Å². The summed E-state index contributed by atoms with van der Waals surface area (Å²) in [5.74, 6) is -0.631. The van der Waals surface area contributed by atoms with Crippen molar-refractivity contribution in [1.29, 1.82) is 0 Å². The summed E-state index contributed by atoms with van der Waals surface area (Å²) >= 11 is 0. The van der Waals surface area contributed by atoms with Crippen molar-refractivity contribution in [3.63, 3.8) is 0 Å². The minimum Gasteiger partial charge on any atom is -0.494 e. The summed E-state index contributed by atoms with van der Waals surface area (Å²) in [6.07, 6.45) is -0.956. The van der Waals surface area contributed by atoms with Gasteiger partial charge in [-0.3, -0.25) is 4.79 Å². The molecule has 0 unspecified atom stereocenters. The summed E-state index contributed by atoms with van der Waals surface area (Å²) in [6, 6.07) is 6.88. The average molecular weight is 279 g/mol. The number of carboxylic acids is 1. The number of rotatable bonds is 4. The molecule has 0 saturated carbocycles. The predicted molar refractivity (Wildman–Crippen MR) is 70.9 cm³/mol. The molecule has 0 aliphatic carbocycles. The Labute approximate surface area is 116 Å². The molecule has 1 amide bonds. The number of ether oxygens (including phenoxy) is 2. The van der Waals surface area contributed by atoms with E-state index in [1.807, 2.05) is 6.92 Å². The molecule has 1 fully saturated rings. The Kier molecular flexibility index (Phi) is 4.57. The highest BCUT2D eigenvalue weighted by Gasteiger charge is 2.29. The quantitative estimate of drug-likeness (QED) is 0.890. The minimum atomic E-state index is -1.05. The first-order chi connectivity index (χ1) is 9.61. The second-order valence-electron chi connectivity index (χ2n) is 4.41. The second kappa shape index (κ2) is 6.38. The number of aliphatic carboxylic acids is 1. The van der Waals surface area contributed by atoms with E-state index in [9.17, 15) is 9.59 Å². The number of benzene rings is 1. The molecular formula is C14H17NO5. The lowest BCUT2D eigenvalue weighted by atomic mass is 10.1. The molecule has 0 spiro atoms. The lowest BCUT2D eigenvalue weighted by molar-refractivity contribution is -0.154. The van der Waals surface area contributed by atoms with Gasteiger partial charge in [-0.05, 0) is 25.1 Å². The van der Waals surface area contributed by atoms with Gasteiger partial charge < -0.3 is 19.5 Å². The van der Waals surface area contributed by atoms with E-state index in [1.165, 1.54) is 4.90 Å². The first-order valence-corrected chi connectivity index (χ1v) is 6.48. The second-order valence-corrected chi connectivity index (χ2v) is 4.41. The van der Waals surface area contributed by atoms with E-state index in [4.69, 9.17) is 14.6 Å². The molecule has 1 aliphatic rings. The first kappa shape index (κ1) is 14.3. The Hall–Kier alpha value is -2.08. The van der Waals surface area contributed by atoms with Crippen LogP contribution < -0.4 is 4.74 Å². The van der Waals surface area contributed by atoms with Gasteiger partial charge in [0.2, 0.25) is 0 Å². The molecule has 1 atom stereocenters. The number of morpholine rings is 1. The molecule has 2 rings (SSSR count). The maximum absolute atomic E-state index is 12.3. The first-order valence-electron chi connectivity index (χ1n) is 6.48. The molecule has 20 heavy (non-hydrogen) atoms. The third-order valence-electron chi connectivity index (χ3n) is 3.02. The van der Waals surface area contributed by atoms with Crippen molar-refractivity contribution in [1.82, 2.24) is 4.90 Å². The van der Waals surface area contributed by atoms with Crippen molar-refractivity contribution in [2.24, 2.45) is 0 Å². The van der Waals surface area contributed by atoms with Crippen LogP contribution in [0.25, 0.3) is 0 Å². The normalized spacial score (nSPS) is 18.6. The number of carbonyl (C=O) groups excluding carboxylic acids is 1. The van der Waals surface area contributed by atoms with Crippen LogP contribution >= 0.6 is 0 Å². The van der Waals surface area contributed by atoms with Crippen LogP contribution in [0.3, 0.4) is 0 Å². The van der Waals surface area contributed by atoms with Gasteiger partial charge in [-0.25, -0.2) is 4.79 Å². The molecule has 108 valence electrons. The van der Waals surface area contributed by atoms with Crippen LogP contribution in [0.4, 0.5) is 0 Å². The van der Waals surface area contributed by atoms with E-state index in [2.05, 4.69) is 0 Å².